The third-order valence-electron chi connectivity index (χ3n) is 4.79. The highest BCUT2D eigenvalue weighted by Gasteiger charge is 2.24. The van der Waals surface area contributed by atoms with E-state index >= 15 is 0 Å². The number of sulfonamides is 1. The monoisotopic (exact) mass is 418 g/mol. The Balaban J connectivity index is 1.50. The Hall–Kier alpha value is -2.31. The molecule has 0 radical (unpaired) electrons. The number of carbonyl (C=O) groups is 1. The second-order valence-corrected chi connectivity index (χ2v) is 8.93. The van der Waals surface area contributed by atoms with Crippen molar-refractivity contribution in [3.05, 3.63) is 76.2 Å². The quantitative estimate of drug-likeness (QED) is 0.786. The minimum Gasteiger partial charge on any atom is -0.324 e. The molecule has 1 aliphatic rings. The van der Waals surface area contributed by atoms with Crippen LogP contribution in [-0.4, -0.2) is 32.4 Å². The Morgan fingerprint density at radius 1 is 1.11 bits per heavy atom. The lowest BCUT2D eigenvalue weighted by Crippen LogP contribution is -2.46. The molecule has 0 saturated carbocycles. The van der Waals surface area contributed by atoms with E-state index in [0.29, 0.717) is 29.6 Å². The first-order chi connectivity index (χ1) is 13.4. The topological polar surface area (TPSA) is 66.5 Å². The van der Waals surface area contributed by atoms with Gasteiger partial charge in [0.25, 0.3) is 10.0 Å². The summed E-state index contributed by atoms with van der Waals surface area (Å²) < 4.78 is 26.5. The second kappa shape index (κ2) is 9.26. The highest BCUT2D eigenvalue weighted by Crippen LogP contribution is 2.21. The van der Waals surface area contributed by atoms with Gasteiger partial charge in [0.15, 0.2) is 0 Å². The van der Waals surface area contributed by atoms with E-state index in [1.807, 2.05) is 18.2 Å². The molecule has 1 aliphatic heterocycles. The molecule has 148 valence electrons. The average molecular weight is 419 g/mol. The zero-order valence-corrected chi connectivity index (χ0v) is 17.0. The Bertz CT molecular complexity index is 937. The third kappa shape index (κ3) is 6.11. The van der Waals surface area contributed by atoms with E-state index in [2.05, 4.69) is 16.9 Å². The van der Waals surface area contributed by atoms with Gasteiger partial charge in [0.05, 0.1) is 5.41 Å². The first kappa shape index (κ1) is 20.4. The molecule has 7 heteroatoms. The molecule has 1 fully saturated rings. The van der Waals surface area contributed by atoms with E-state index in [0.717, 1.165) is 24.7 Å². The zero-order valence-electron chi connectivity index (χ0n) is 15.4. The number of nitrogens with one attached hydrogen (secondary N) is 1. The van der Waals surface area contributed by atoms with Crippen LogP contribution in [0.3, 0.4) is 0 Å². The lowest BCUT2D eigenvalue weighted by Gasteiger charge is -2.31. The van der Waals surface area contributed by atoms with Crippen LogP contribution in [0.2, 0.25) is 5.02 Å². The van der Waals surface area contributed by atoms with Gasteiger partial charge in [-0.2, -0.15) is 0 Å². The van der Waals surface area contributed by atoms with Gasteiger partial charge < -0.3 is 4.90 Å². The van der Waals surface area contributed by atoms with E-state index in [4.69, 9.17) is 11.6 Å². The fourth-order valence-electron chi connectivity index (χ4n) is 3.29. The van der Waals surface area contributed by atoms with Gasteiger partial charge in [-0.05, 0) is 54.5 Å². The molecule has 3 rings (SSSR count). The molecule has 2 aromatic rings. The van der Waals surface area contributed by atoms with Crippen LogP contribution in [0.15, 0.2) is 60.0 Å². The normalized spacial score (nSPS) is 15.7. The van der Waals surface area contributed by atoms with Crippen LogP contribution in [0.5, 0.6) is 0 Å². The van der Waals surface area contributed by atoms with Crippen molar-refractivity contribution in [2.24, 2.45) is 5.92 Å². The third-order valence-corrected chi connectivity index (χ3v) is 5.98. The van der Waals surface area contributed by atoms with Gasteiger partial charge in [0.2, 0.25) is 0 Å². The minimum atomic E-state index is -3.87. The smallest absolute Gasteiger partial charge is 0.324 e. The van der Waals surface area contributed by atoms with Crippen molar-refractivity contribution in [2.75, 3.05) is 13.1 Å². The first-order valence-corrected chi connectivity index (χ1v) is 11.1. The molecular weight excluding hydrogens is 396 g/mol. The maximum absolute atomic E-state index is 12.3. The molecule has 1 saturated heterocycles. The Kier molecular flexibility index (Phi) is 6.75. The van der Waals surface area contributed by atoms with E-state index in [-0.39, 0.29) is 0 Å². The largest absolute Gasteiger partial charge is 0.331 e. The van der Waals surface area contributed by atoms with Crippen LogP contribution < -0.4 is 4.72 Å². The fraction of sp³-hybridized carbons (Fsp3) is 0.286. The van der Waals surface area contributed by atoms with Crippen LogP contribution in [0.1, 0.15) is 24.0 Å². The number of hydrogen-bond donors (Lipinski definition) is 1. The number of nitrogens with zero attached hydrogens (tertiary/aromatic N) is 1. The predicted molar refractivity (Wildman–Crippen MR) is 112 cm³/mol. The molecule has 1 N–H and O–H groups in total. The number of rotatable bonds is 5. The molecule has 0 bridgehead atoms. The zero-order chi connectivity index (χ0) is 20.0. The Morgan fingerprint density at radius 3 is 2.50 bits per heavy atom. The summed E-state index contributed by atoms with van der Waals surface area (Å²) in [5.74, 6) is 0.505. The summed E-state index contributed by atoms with van der Waals surface area (Å²) in [6.07, 6.45) is 4.12. The van der Waals surface area contributed by atoms with Crippen LogP contribution >= 0.6 is 11.6 Å². The van der Waals surface area contributed by atoms with Gasteiger partial charge in [-0.1, -0.05) is 54.1 Å². The summed E-state index contributed by atoms with van der Waals surface area (Å²) >= 11 is 5.88. The molecule has 0 aromatic heterocycles. The van der Waals surface area contributed by atoms with E-state index in [9.17, 15) is 13.2 Å². The lowest BCUT2D eigenvalue weighted by molar-refractivity contribution is 0.175. The molecule has 2 aromatic carbocycles. The summed E-state index contributed by atoms with van der Waals surface area (Å²) in [7, 11) is -3.87. The Labute approximate surface area is 171 Å². The molecular formula is C21H23ClN2O3S. The molecule has 0 aliphatic carbocycles. The number of amides is 2. The van der Waals surface area contributed by atoms with E-state index in [1.54, 1.807) is 29.2 Å². The number of likely N-dealkylation sites (tertiary alicyclic amines) is 1. The number of halogens is 1. The number of urea groups is 1. The summed E-state index contributed by atoms with van der Waals surface area (Å²) in [4.78, 5) is 13.9. The lowest BCUT2D eigenvalue weighted by atomic mass is 9.90. The van der Waals surface area contributed by atoms with Crippen molar-refractivity contribution in [1.29, 1.82) is 0 Å². The summed E-state index contributed by atoms with van der Waals surface area (Å²) in [5.41, 5.74) is 1.94. The van der Waals surface area contributed by atoms with Crippen LogP contribution in [0, 0.1) is 5.92 Å². The molecule has 0 atom stereocenters. The summed E-state index contributed by atoms with van der Waals surface area (Å²) in [6, 6.07) is 16.5. The van der Waals surface area contributed by atoms with Crippen LogP contribution in [0.25, 0.3) is 6.08 Å². The van der Waals surface area contributed by atoms with Crippen LogP contribution in [-0.2, 0) is 16.4 Å². The van der Waals surface area contributed by atoms with E-state index < -0.39 is 16.1 Å². The van der Waals surface area contributed by atoms with Gasteiger partial charge in [-0.15, -0.1) is 0 Å². The SMILES string of the molecule is O=C(NS(=O)(=O)C=Cc1cccc(Cl)c1)N1CCC(Cc2ccccc2)CC1. The van der Waals surface area contributed by atoms with Gasteiger partial charge in [-0.25, -0.2) is 17.9 Å². The number of carbonyl (C=O) groups excluding carboxylic acids is 1. The number of piperidine rings is 1. The van der Waals surface area contributed by atoms with Crippen molar-refractivity contribution in [1.82, 2.24) is 9.62 Å². The summed E-state index contributed by atoms with van der Waals surface area (Å²) in [5, 5.41) is 1.50. The van der Waals surface area contributed by atoms with Gasteiger partial charge >= 0.3 is 6.03 Å². The number of benzene rings is 2. The highest BCUT2D eigenvalue weighted by atomic mass is 35.5. The molecule has 1 heterocycles. The molecule has 0 unspecified atom stereocenters. The van der Waals surface area contributed by atoms with Crippen molar-refractivity contribution in [3.63, 3.8) is 0 Å². The van der Waals surface area contributed by atoms with E-state index in [1.165, 1.54) is 11.6 Å². The molecule has 5 nitrogen and oxygen atoms in total. The van der Waals surface area contributed by atoms with Crippen molar-refractivity contribution in [3.8, 4) is 0 Å². The van der Waals surface area contributed by atoms with Gasteiger partial charge in [0.1, 0.15) is 0 Å². The maximum Gasteiger partial charge on any atom is 0.331 e. The molecule has 0 spiro atoms. The van der Waals surface area contributed by atoms with Crippen LogP contribution in [0.4, 0.5) is 4.79 Å². The van der Waals surface area contributed by atoms with Crippen molar-refractivity contribution >= 4 is 33.7 Å². The average Bonchev–Trinajstić information content (AvgIpc) is 2.68. The van der Waals surface area contributed by atoms with Gasteiger partial charge in [0, 0.05) is 18.1 Å². The second-order valence-electron chi connectivity index (χ2n) is 6.93. The summed E-state index contributed by atoms with van der Waals surface area (Å²) in [6.45, 7) is 1.10. The van der Waals surface area contributed by atoms with Crippen molar-refractivity contribution < 1.29 is 13.2 Å². The molecule has 28 heavy (non-hydrogen) atoms. The Morgan fingerprint density at radius 2 is 1.82 bits per heavy atom. The van der Waals surface area contributed by atoms with Gasteiger partial charge in [-0.3, -0.25) is 0 Å². The predicted octanol–water partition coefficient (Wildman–Crippen LogP) is 4.30. The highest BCUT2D eigenvalue weighted by molar-refractivity contribution is 7.93. The van der Waals surface area contributed by atoms with Crippen molar-refractivity contribution in [2.45, 2.75) is 19.3 Å². The maximum atomic E-state index is 12.3. The fourth-order valence-corrected chi connectivity index (χ4v) is 4.26. The molecule has 2 amide bonds. The standard InChI is InChI=1S/C21H23ClN2O3S/c22-20-8-4-7-18(16-20)11-14-28(26,27)23-21(25)24-12-9-19(10-13-24)15-17-5-2-1-3-6-17/h1-8,11,14,16,19H,9-10,12-13,15H2,(H,23,25). The minimum absolute atomic E-state index is 0.505. The first-order valence-electron chi connectivity index (χ1n) is 9.20. The number of hydrogen-bond acceptors (Lipinski definition) is 3.